The number of imide groups is 1. The quantitative estimate of drug-likeness (QED) is 0.147. The van der Waals surface area contributed by atoms with Gasteiger partial charge in [0.15, 0.2) is 5.96 Å². The van der Waals surface area contributed by atoms with E-state index >= 15 is 0 Å². The minimum atomic E-state index is -0.292. The highest BCUT2D eigenvalue weighted by Gasteiger charge is 2.34. The Morgan fingerprint density at radius 3 is 2.29 bits per heavy atom. The zero-order valence-corrected chi connectivity index (χ0v) is 20.1. The maximum atomic E-state index is 12.4. The zero-order valence-electron chi connectivity index (χ0n) is 17.8. The molecule has 0 spiro atoms. The van der Waals surface area contributed by atoms with E-state index in [9.17, 15) is 14.4 Å². The third-order valence-corrected chi connectivity index (χ3v) is 5.51. The molecule has 0 saturated carbocycles. The lowest BCUT2D eigenvalue weighted by molar-refractivity contribution is -0.119. The maximum absolute atomic E-state index is 12.4. The summed E-state index contributed by atoms with van der Waals surface area (Å²) in [6.07, 6.45) is 3.38. The van der Waals surface area contributed by atoms with E-state index in [0.29, 0.717) is 36.8 Å². The molecule has 2 heterocycles. The molecule has 0 aliphatic carbocycles. The SMILES string of the molecule is CN=C(NCCCCN1C(=O)c2ccccc2C1=O)NC1CCN(CC(N)=O)CC1.I. The number of guanidine groups is 1. The van der Waals surface area contributed by atoms with Gasteiger partial charge in [-0.3, -0.25) is 29.2 Å². The number of carbonyl (C=O) groups excluding carboxylic acids is 3. The van der Waals surface area contributed by atoms with E-state index in [-0.39, 0.29) is 41.7 Å². The Balaban J connectivity index is 0.00000341. The Labute approximate surface area is 199 Å². The normalized spacial score (nSPS) is 17.3. The van der Waals surface area contributed by atoms with Crippen molar-refractivity contribution in [3.63, 3.8) is 0 Å². The molecule has 31 heavy (non-hydrogen) atoms. The number of halogens is 1. The molecule has 1 aromatic carbocycles. The predicted molar refractivity (Wildman–Crippen MR) is 130 cm³/mol. The first-order chi connectivity index (χ1) is 14.5. The van der Waals surface area contributed by atoms with Gasteiger partial charge in [0.1, 0.15) is 0 Å². The van der Waals surface area contributed by atoms with Gasteiger partial charge in [-0.15, -0.1) is 24.0 Å². The Hall–Kier alpha value is -2.21. The number of nitrogens with two attached hydrogens (primary N) is 1. The molecule has 3 rings (SSSR count). The van der Waals surface area contributed by atoms with Crippen LogP contribution in [0.25, 0.3) is 0 Å². The lowest BCUT2D eigenvalue weighted by Crippen LogP contribution is -2.50. The first kappa shape index (κ1) is 25.1. The molecule has 2 aliphatic rings. The second-order valence-electron chi connectivity index (χ2n) is 7.67. The summed E-state index contributed by atoms with van der Waals surface area (Å²) in [5, 5.41) is 6.70. The first-order valence-electron chi connectivity index (χ1n) is 10.4. The van der Waals surface area contributed by atoms with Crippen LogP contribution in [0, 0.1) is 0 Å². The molecule has 1 aromatic rings. The fraction of sp³-hybridized carbons (Fsp3) is 0.524. The number of fused-ring (bicyclic) bond motifs is 1. The highest BCUT2D eigenvalue weighted by Crippen LogP contribution is 2.22. The summed E-state index contributed by atoms with van der Waals surface area (Å²) in [5.74, 6) is 0.0385. The van der Waals surface area contributed by atoms with Gasteiger partial charge in [0.25, 0.3) is 11.8 Å². The molecule has 0 unspecified atom stereocenters. The van der Waals surface area contributed by atoms with Gasteiger partial charge >= 0.3 is 0 Å². The van der Waals surface area contributed by atoms with E-state index in [2.05, 4.69) is 20.5 Å². The molecule has 0 atom stereocenters. The number of hydrogen-bond acceptors (Lipinski definition) is 5. The van der Waals surface area contributed by atoms with Crippen molar-refractivity contribution in [2.75, 3.05) is 39.8 Å². The van der Waals surface area contributed by atoms with Crippen LogP contribution >= 0.6 is 24.0 Å². The number of nitrogens with zero attached hydrogens (tertiary/aromatic N) is 3. The van der Waals surface area contributed by atoms with Crippen LogP contribution in [0.2, 0.25) is 0 Å². The van der Waals surface area contributed by atoms with Gasteiger partial charge in [0.05, 0.1) is 17.7 Å². The summed E-state index contributed by atoms with van der Waals surface area (Å²) < 4.78 is 0. The Morgan fingerprint density at radius 2 is 1.74 bits per heavy atom. The second-order valence-corrected chi connectivity index (χ2v) is 7.67. The molecule has 4 N–H and O–H groups in total. The average molecular weight is 542 g/mol. The van der Waals surface area contributed by atoms with Crippen LogP contribution in [0.3, 0.4) is 0 Å². The number of benzene rings is 1. The molecule has 3 amide bonds. The van der Waals surface area contributed by atoms with E-state index in [1.165, 1.54) is 4.90 Å². The van der Waals surface area contributed by atoms with Gasteiger partial charge in [-0.05, 0) is 37.8 Å². The standard InChI is InChI=1S/C21H30N6O3.HI/c1-23-21(25-15-8-12-26(13-9-15)14-18(22)28)24-10-4-5-11-27-19(29)16-6-2-3-7-17(16)20(27)30;/h2-3,6-7,15H,4-5,8-14H2,1H3,(H2,22,28)(H2,23,24,25);1H. The number of nitrogens with one attached hydrogen (secondary N) is 2. The number of aliphatic imine (C=N–C) groups is 1. The van der Waals surface area contributed by atoms with Gasteiger partial charge in [0, 0.05) is 39.3 Å². The highest BCUT2D eigenvalue weighted by molar-refractivity contribution is 14.0. The molecule has 0 radical (unpaired) electrons. The Bertz CT molecular complexity index is 788. The van der Waals surface area contributed by atoms with Gasteiger partial charge in [-0.1, -0.05) is 12.1 Å². The third-order valence-electron chi connectivity index (χ3n) is 5.51. The zero-order chi connectivity index (χ0) is 21.5. The monoisotopic (exact) mass is 542 g/mol. The van der Waals surface area contributed by atoms with Crippen molar-refractivity contribution in [3.8, 4) is 0 Å². The lowest BCUT2D eigenvalue weighted by Gasteiger charge is -2.32. The average Bonchev–Trinajstić information content (AvgIpc) is 2.98. The molecule has 1 saturated heterocycles. The Kier molecular flexibility index (Phi) is 9.69. The topological polar surface area (TPSA) is 120 Å². The van der Waals surface area contributed by atoms with Crippen LogP contribution in [0.15, 0.2) is 29.3 Å². The lowest BCUT2D eigenvalue weighted by atomic mass is 10.1. The van der Waals surface area contributed by atoms with Gasteiger partial charge in [-0.2, -0.15) is 0 Å². The van der Waals surface area contributed by atoms with E-state index in [0.717, 1.165) is 44.7 Å². The smallest absolute Gasteiger partial charge is 0.261 e. The molecule has 10 heteroatoms. The number of amides is 3. The van der Waals surface area contributed by atoms with Crippen LogP contribution < -0.4 is 16.4 Å². The number of likely N-dealkylation sites (tertiary alicyclic amines) is 1. The van der Waals surface area contributed by atoms with Crippen molar-refractivity contribution in [1.29, 1.82) is 0 Å². The summed E-state index contributed by atoms with van der Waals surface area (Å²) in [5.41, 5.74) is 6.24. The van der Waals surface area contributed by atoms with Crippen LogP contribution in [-0.4, -0.2) is 79.3 Å². The number of rotatable bonds is 8. The summed E-state index contributed by atoms with van der Waals surface area (Å²) in [7, 11) is 1.73. The first-order valence-corrected chi connectivity index (χ1v) is 10.4. The number of hydrogen-bond donors (Lipinski definition) is 3. The summed E-state index contributed by atoms with van der Waals surface area (Å²) in [6.45, 7) is 3.09. The fourth-order valence-corrected chi connectivity index (χ4v) is 3.89. The number of primary amides is 1. The van der Waals surface area contributed by atoms with Crippen LogP contribution in [0.4, 0.5) is 0 Å². The maximum Gasteiger partial charge on any atom is 0.261 e. The van der Waals surface area contributed by atoms with E-state index in [1.54, 1.807) is 31.3 Å². The molecule has 9 nitrogen and oxygen atoms in total. The van der Waals surface area contributed by atoms with E-state index in [4.69, 9.17) is 5.73 Å². The third kappa shape index (κ3) is 6.63. The number of carbonyl (C=O) groups is 3. The molecular weight excluding hydrogens is 511 g/mol. The second kappa shape index (κ2) is 12.0. The molecule has 2 aliphatic heterocycles. The number of piperidine rings is 1. The largest absolute Gasteiger partial charge is 0.369 e. The van der Waals surface area contributed by atoms with Gasteiger partial charge in [-0.25, -0.2) is 0 Å². The predicted octanol–water partition coefficient (Wildman–Crippen LogP) is 0.796. The minimum absolute atomic E-state index is 0. The van der Waals surface area contributed by atoms with Crippen molar-refractivity contribution in [1.82, 2.24) is 20.4 Å². The van der Waals surface area contributed by atoms with Crippen molar-refractivity contribution in [2.24, 2.45) is 10.7 Å². The van der Waals surface area contributed by atoms with Crippen LogP contribution in [0.1, 0.15) is 46.4 Å². The van der Waals surface area contributed by atoms with E-state index < -0.39 is 0 Å². The molecule has 170 valence electrons. The van der Waals surface area contributed by atoms with Crippen molar-refractivity contribution >= 4 is 47.7 Å². The summed E-state index contributed by atoms with van der Waals surface area (Å²) >= 11 is 0. The van der Waals surface area contributed by atoms with Crippen molar-refractivity contribution in [3.05, 3.63) is 35.4 Å². The molecule has 0 bridgehead atoms. The van der Waals surface area contributed by atoms with Gasteiger partial charge in [0.2, 0.25) is 5.91 Å². The number of unbranched alkanes of at least 4 members (excludes halogenated alkanes) is 1. The Morgan fingerprint density at radius 1 is 1.13 bits per heavy atom. The van der Waals surface area contributed by atoms with Crippen LogP contribution in [0.5, 0.6) is 0 Å². The van der Waals surface area contributed by atoms with Crippen molar-refractivity contribution < 1.29 is 14.4 Å². The molecule has 0 aromatic heterocycles. The van der Waals surface area contributed by atoms with Crippen LogP contribution in [-0.2, 0) is 4.79 Å². The summed E-state index contributed by atoms with van der Waals surface area (Å²) in [4.78, 5) is 43.4. The van der Waals surface area contributed by atoms with Crippen molar-refractivity contribution in [2.45, 2.75) is 31.7 Å². The minimum Gasteiger partial charge on any atom is -0.369 e. The summed E-state index contributed by atoms with van der Waals surface area (Å²) in [6, 6.07) is 7.25. The van der Waals surface area contributed by atoms with Gasteiger partial charge < -0.3 is 16.4 Å². The molecular formula is C21H31IN6O3. The fourth-order valence-electron chi connectivity index (χ4n) is 3.89. The van der Waals surface area contributed by atoms with E-state index in [1.807, 2.05) is 0 Å². The highest BCUT2D eigenvalue weighted by atomic mass is 127. The molecule has 1 fully saturated rings.